The smallest absolute Gasteiger partial charge is 0.251 e. The summed E-state index contributed by atoms with van der Waals surface area (Å²) >= 11 is 0. The molecule has 0 radical (unpaired) electrons. The van der Waals surface area contributed by atoms with Crippen molar-refractivity contribution in [2.24, 2.45) is 5.73 Å². The summed E-state index contributed by atoms with van der Waals surface area (Å²) in [5.74, 6) is -0.132. The molecule has 1 aromatic carbocycles. The first kappa shape index (κ1) is 14.4. The Morgan fingerprint density at radius 1 is 1.38 bits per heavy atom. The van der Waals surface area contributed by atoms with Crippen molar-refractivity contribution >= 4 is 18.3 Å². The minimum absolute atomic E-state index is 0. The van der Waals surface area contributed by atoms with Gasteiger partial charge in [0.1, 0.15) is 0 Å². The third kappa shape index (κ3) is 4.30. The molecule has 1 aromatic rings. The molecule has 16 heavy (non-hydrogen) atoms. The molecule has 0 saturated heterocycles. The van der Waals surface area contributed by atoms with Crippen molar-refractivity contribution in [3.63, 3.8) is 0 Å². The molecule has 0 atom stereocenters. The number of rotatable bonds is 4. The Bertz CT molecular complexity index is 370. The summed E-state index contributed by atoms with van der Waals surface area (Å²) in [5.41, 5.74) is 6.41. The van der Waals surface area contributed by atoms with Crippen LogP contribution in [0, 0.1) is 11.3 Å². The number of amides is 1. The average molecular weight is 240 g/mol. The fraction of sp³-hybridized carbons (Fsp3) is 0.273. The van der Waals surface area contributed by atoms with E-state index in [2.05, 4.69) is 5.32 Å². The van der Waals surface area contributed by atoms with E-state index < -0.39 is 0 Å². The predicted octanol–water partition coefficient (Wildman–Crippen LogP) is 1.06. The van der Waals surface area contributed by atoms with Crippen LogP contribution in [-0.4, -0.2) is 19.0 Å². The number of carbonyl (C=O) groups excluding carboxylic acids is 1. The fourth-order valence-electron chi connectivity index (χ4n) is 1.10. The molecule has 0 unspecified atom stereocenters. The van der Waals surface area contributed by atoms with E-state index in [1.54, 1.807) is 24.3 Å². The summed E-state index contributed by atoms with van der Waals surface area (Å²) in [5, 5.41) is 11.3. The van der Waals surface area contributed by atoms with Gasteiger partial charge in [0.05, 0.1) is 11.6 Å². The normalized spacial score (nSPS) is 8.75. The van der Waals surface area contributed by atoms with E-state index in [1.165, 1.54) is 0 Å². The molecule has 3 N–H and O–H groups in total. The number of nitriles is 1. The lowest BCUT2D eigenvalue weighted by atomic mass is 10.1. The lowest BCUT2D eigenvalue weighted by Crippen LogP contribution is -2.25. The van der Waals surface area contributed by atoms with E-state index in [9.17, 15) is 4.79 Å². The second kappa shape index (κ2) is 7.69. The third-order valence-electron chi connectivity index (χ3n) is 1.94. The second-order valence-electron chi connectivity index (χ2n) is 3.09. The van der Waals surface area contributed by atoms with Gasteiger partial charge in [-0.05, 0) is 37.2 Å². The highest BCUT2D eigenvalue weighted by Gasteiger charge is 2.03. The zero-order chi connectivity index (χ0) is 11.1. The van der Waals surface area contributed by atoms with Gasteiger partial charge in [-0.2, -0.15) is 5.26 Å². The van der Waals surface area contributed by atoms with E-state index in [0.717, 1.165) is 6.42 Å². The van der Waals surface area contributed by atoms with Crippen LogP contribution in [0.15, 0.2) is 24.3 Å². The van der Waals surface area contributed by atoms with Crippen molar-refractivity contribution in [2.75, 3.05) is 13.1 Å². The fourth-order valence-corrected chi connectivity index (χ4v) is 1.10. The molecular formula is C11H14ClN3O. The van der Waals surface area contributed by atoms with E-state index in [1.807, 2.05) is 6.07 Å². The highest BCUT2D eigenvalue weighted by molar-refractivity contribution is 5.94. The number of hydrogen-bond acceptors (Lipinski definition) is 3. The first-order chi connectivity index (χ1) is 7.27. The van der Waals surface area contributed by atoms with Gasteiger partial charge in [-0.15, -0.1) is 12.4 Å². The van der Waals surface area contributed by atoms with E-state index in [-0.39, 0.29) is 18.3 Å². The summed E-state index contributed by atoms with van der Waals surface area (Å²) in [7, 11) is 0. The van der Waals surface area contributed by atoms with Gasteiger partial charge >= 0.3 is 0 Å². The van der Waals surface area contributed by atoms with Crippen LogP contribution >= 0.6 is 12.4 Å². The Hall–Kier alpha value is -1.57. The quantitative estimate of drug-likeness (QED) is 0.771. The lowest BCUT2D eigenvalue weighted by molar-refractivity contribution is 0.0953. The summed E-state index contributed by atoms with van der Waals surface area (Å²) in [6, 6.07) is 8.51. The standard InChI is InChI=1S/C11H13N3O.ClH/c12-6-1-7-14-11(15)10-4-2-9(8-13)3-5-10;/h2-5H,1,6-7,12H2,(H,14,15);1H. The SMILES string of the molecule is Cl.N#Cc1ccc(C(=O)NCCCN)cc1. The number of nitrogens with zero attached hydrogens (tertiary/aromatic N) is 1. The molecule has 0 aliphatic heterocycles. The largest absolute Gasteiger partial charge is 0.352 e. The lowest BCUT2D eigenvalue weighted by Gasteiger charge is -2.03. The second-order valence-corrected chi connectivity index (χ2v) is 3.09. The molecule has 5 heteroatoms. The summed E-state index contributed by atoms with van der Waals surface area (Å²) in [6.07, 6.45) is 0.766. The van der Waals surface area contributed by atoms with Gasteiger partial charge in [0.2, 0.25) is 0 Å². The van der Waals surface area contributed by atoms with Crippen molar-refractivity contribution in [1.82, 2.24) is 5.32 Å². The topological polar surface area (TPSA) is 78.9 Å². The van der Waals surface area contributed by atoms with Gasteiger partial charge < -0.3 is 11.1 Å². The number of hydrogen-bond donors (Lipinski definition) is 2. The molecule has 86 valence electrons. The monoisotopic (exact) mass is 239 g/mol. The molecule has 4 nitrogen and oxygen atoms in total. The van der Waals surface area contributed by atoms with E-state index in [4.69, 9.17) is 11.0 Å². The highest BCUT2D eigenvalue weighted by Crippen LogP contribution is 2.02. The highest BCUT2D eigenvalue weighted by atomic mass is 35.5. The van der Waals surface area contributed by atoms with E-state index in [0.29, 0.717) is 24.2 Å². The zero-order valence-corrected chi connectivity index (χ0v) is 9.59. The van der Waals surface area contributed by atoms with Crippen LogP contribution in [0.25, 0.3) is 0 Å². The van der Waals surface area contributed by atoms with Crippen LogP contribution in [0.4, 0.5) is 0 Å². The summed E-state index contributed by atoms with van der Waals surface area (Å²) in [4.78, 5) is 11.5. The van der Waals surface area contributed by atoms with Gasteiger partial charge in [-0.3, -0.25) is 4.79 Å². The minimum atomic E-state index is -0.132. The van der Waals surface area contributed by atoms with Gasteiger partial charge in [0.25, 0.3) is 5.91 Å². The predicted molar refractivity (Wildman–Crippen MR) is 64.4 cm³/mol. The molecule has 0 aromatic heterocycles. The van der Waals surface area contributed by atoms with Crippen molar-refractivity contribution in [3.05, 3.63) is 35.4 Å². The van der Waals surface area contributed by atoms with Crippen molar-refractivity contribution < 1.29 is 4.79 Å². The van der Waals surface area contributed by atoms with Gasteiger partial charge in [0, 0.05) is 12.1 Å². The molecule has 0 saturated carbocycles. The molecule has 1 rings (SSSR count). The average Bonchev–Trinajstić information content (AvgIpc) is 2.29. The van der Waals surface area contributed by atoms with Crippen LogP contribution in [0.1, 0.15) is 22.3 Å². The Kier molecular flexibility index (Phi) is 6.93. The Labute approximate surface area is 101 Å². The molecular weight excluding hydrogens is 226 g/mol. The molecule has 0 heterocycles. The maximum absolute atomic E-state index is 11.5. The number of carbonyl (C=O) groups is 1. The van der Waals surface area contributed by atoms with Crippen molar-refractivity contribution in [2.45, 2.75) is 6.42 Å². The van der Waals surface area contributed by atoms with Crippen LogP contribution in [0.5, 0.6) is 0 Å². The van der Waals surface area contributed by atoms with Gasteiger partial charge in [-0.1, -0.05) is 0 Å². The molecule has 0 aliphatic rings. The Morgan fingerprint density at radius 2 is 2.00 bits per heavy atom. The first-order valence-electron chi connectivity index (χ1n) is 4.76. The van der Waals surface area contributed by atoms with Crippen LogP contribution in [0.2, 0.25) is 0 Å². The van der Waals surface area contributed by atoms with Gasteiger partial charge in [0.15, 0.2) is 0 Å². The third-order valence-corrected chi connectivity index (χ3v) is 1.94. The van der Waals surface area contributed by atoms with Crippen LogP contribution in [0.3, 0.4) is 0 Å². The van der Waals surface area contributed by atoms with Crippen molar-refractivity contribution in [1.29, 1.82) is 5.26 Å². The Balaban J connectivity index is 0.00000225. The molecule has 0 bridgehead atoms. The minimum Gasteiger partial charge on any atom is -0.352 e. The maximum Gasteiger partial charge on any atom is 0.251 e. The number of nitrogens with two attached hydrogens (primary N) is 1. The number of halogens is 1. The Morgan fingerprint density at radius 3 is 2.50 bits per heavy atom. The summed E-state index contributed by atoms with van der Waals surface area (Å²) < 4.78 is 0. The molecule has 0 fully saturated rings. The number of nitrogens with one attached hydrogen (secondary N) is 1. The zero-order valence-electron chi connectivity index (χ0n) is 8.77. The van der Waals surface area contributed by atoms with Crippen LogP contribution in [-0.2, 0) is 0 Å². The molecule has 0 spiro atoms. The first-order valence-corrected chi connectivity index (χ1v) is 4.76. The molecule has 1 amide bonds. The van der Waals surface area contributed by atoms with Gasteiger partial charge in [-0.25, -0.2) is 0 Å². The summed E-state index contributed by atoms with van der Waals surface area (Å²) in [6.45, 7) is 1.14. The molecule has 0 aliphatic carbocycles. The van der Waals surface area contributed by atoms with Crippen molar-refractivity contribution in [3.8, 4) is 6.07 Å². The number of benzene rings is 1. The van der Waals surface area contributed by atoms with Crippen LogP contribution < -0.4 is 11.1 Å². The van der Waals surface area contributed by atoms with E-state index >= 15 is 0 Å². The maximum atomic E-state index is 11.5.